The number of sulfonamides is 1. The third-order valence-corrected chi connectivity index (χ3v) is 5.00. The smallest absolute Gasteiger partial charge is 0.360 e. The molecule has 26 heavy (non-hydrogen) atoms. The predicted molar refractivity (Wildman–Crippen MR) is 91.6 cm³/mol. The van der Waals surface area contributed by atoms with E-state index in [4.69, 9.17) is 15.7 Å². The highest BCUT2D eigenvalue weighted by atomic mass is 32.2. The molecule has 0 saturated heterocycles. The van der Waals surface area contributed by atoms with E-state index >= 15 is 0 Å². The number of phenolic OH excluding ortho intramolecular Hbond substituents is 2. The molecule has 1 aromatic carbocycles. The molecule has 0 saturated carbocycles. The van der Waals surface area contributed by atoms with Crippen LogP contribution in [0, 0.1) is 0 Å². The topological polar surface area (TPSA) is 184 Å². The molecular formula is C13H14N4O7S2. The van der Waals surface area contributed by atoms with Crippen LogP contribution in [0.2, 0.25) is 0 Å². The summed E-state index contributed by atoms with van der Waals surface area (Å²) in [6.07, 6.45) is 0. The summed E-state index contributed by atoms with van der Waals surface area (Å²) in [5, 5.41) is 32.6. The summed E-state index contributed by atoms with van der Waals surface area (Å²) in [5.74, 6) is -2.41. The molecule has 0 fully saturated rings. The van der Waals surface area contributed by atoms with E-state index in [-0.39, 0.29) is 28.9 Å². The van der Waals surface area contributed by atoms with Gasteiger partial charge in [0.25, 0.3) is 0 Å². The number of phenols is 2. The van der Waals surface area contributed by atoms with Crippen molar-refractivity contribution in [1.29, 1.82) is 0 Å². The third-order valence-electron chi connectivity index (χ3n) is 2.87. The zero-order valence-corrected chi connectivity index (χ0v) is 14.6. The minimum Gasteiger partial charge on any atom is -0.504 e. The molecule has 0 aliphatic carbocycles. The summed E-state index contributed by atoms with van der Waals surface area (Å²) in [5.41, 5.74) is 4.98. The first-order chi connectivity index (χ1) is 12.2. The Balaban J connectivity index is 1.94. The van der Waals surface area contributed by atoms with Gasteiger partial charge in [-0.25, -0.2) is 22.9 Å². The van der Waals surface area contributed by atoms with E-state index in [1.807, 2.05) is 0 Å². The van der Waals surface area contributed by atoms with E-state index in [0.717, 1.165) is 29.5 Å². The number of hydrogen-bond donors (Lipinski definition) is 5. The molecule has 6 N–H and O–H groups in total. The number of carboxylic acids is 1. The molecule has 11 nitrogen and oxygen atoms in total. The maximum Gasteiger partial charge on any atom is 0.360 e. The van der Waals surface area contributed by atoms with Gasteiger partial charge in [-0.1, -0.05) is 5.16 Å². The van der Waals surface area contributed by atoms with E-state index in [2.05, 4.69) is 14.9 Å². The van der Waals surface area contributed by atoms with E-state index < -0.39 is 33.2 Å². The van der Waals surface area contributed by atoms with Crippen LogP contribution in [0.3, 0.4) is 0 Å². The first kappa shape index (κ1) is 19.4. The second kappa shape index (κ2) is 7.99. The molecule has 0 unspecified atom stereocenters. The van der Waals surface area contributed by atoms with Crippen LogP contribution in [0.1, 0.15) is 5.69 Å². The van der Waals surface area contributed by atoms with E-state index in [1.165, 1.54) is 5.38 Å². The van der Waals surface area contributed by atoms with Crippen molar-refractivity contribution in [2.24, 2.45) is 5.16 Å². The van der Waals surface area contributed by atoms with Crippen LogP contribution in [-0.2, 0) is 19.7 Å². The molecule has 0 amide bonds. The zero-order valence-electron chi connectivity index (χ0n) is 13.0. The Morgan fingerprint density at radius 1 is 1.35 bits per heavy atom. The number of carboxylic acid groups (broad SMARTS) is 1. The van der Waals surface area contributed by atoms with Crippen molar-refractivity contribution < 1.29 is 33.4 Å². The van der Waals surface area contributed by atoms with Crippen LogP contribution < -0.4 is 10.5 Å². The maximum absolute atomic E-state index is 12.0. The van der Waals surface area contributed by atoms with Crippen molar-refractivity contribution in [1.82, 2.24) is 9.71 Å². The SMILES string of the molecule is Nc1nc(/C(=N\OCCNS(=O)(=O)c2ccc(O)c(O)c2)C(=O)O)cs1. The fraction of sp³-hybridized carbons (Fsp3) is 0.154. The first-order valence-electron chi connectivity index (χ1n) is 6.87. The number of aromatic nitrogens is 1. The number of nitrogens with two attached hydrogens (primary N) is 1. The highest BCUT2D eigenvalue weighted by Crippen LogP contribution is 2.26. The molecule has 13 heteroatoms. The number of hydrogen-bond acceptors (Lipinski definition) is 10. The lowest BCUT2D eigenvalue weighted by atomic mass is 10.3. The molecule has 2 aromatic rings. The summed E-state index contributed by atoms with van der Waals surface area (Å²) in [6, 6.07) is 3.01. The van der Waals surface area contributed by atoms with Crippen molar-refractivity contribution in [3.63, 3.8) is 0 Å². The maximum atomic E-state index is 12.0. The minimum absolute atomic E-state index is 0.0279. The molecule has 2 rings (SSSR count). The first-order valence-corrected chi connectivity index (χ1v) is 9.23. The summed E-state index contributed by atoms with van der Waals surface area (Å²) in [7, 11) is -3.96. The Kier molecular flexibility index (Phi) is 5.97. The number of nitrogens with zero attached hydrogens (tertiary/aromatic N) is 2. The normalized spacial score (nSPS) is 12.1. The van der Waals surface area contributed by atoms with Gasteiger partial charge in [0.15, 0.2) is 16.6 Å². The Hall–Kier alpha value is -2.90. The summed E-state index contributed by atoms with van der Waals surface area (Å²) in [4.78, 5) is 19.5. The van der Waals surface area contributed by atoms with Crippen molar-refractivity contribution in [2.75, 3.05) is 18.9 Å². The van der Waals surface area contributed by atoms with Crippen molar-refractivity contribution in [2.45, 2.75) is 4.90 Å². The molecule has 1 heterocycles. The van der Waals surface area contributed by atoms with E-state index in [1.54, 1.807) is 0 Å². The average Bonchev–Trinajstić information content (AvgIpc) is 2.98. The standard InChI is InChI=1S/C13H14N4O7S2/c14-13-16-8(6-25-13)11(12(20)21)17-24-4-3-15-26(22,23)7-1-2-9(18)10(19)5-7/h1-2,5-6,15,18-19H,3-4H2,(H2,14,16)(H,20,21)/b17-11+. The number of aromatic hydroxyl groups is 2. The van der Waals surface area contributed by atoms with Crippen LogP contribution in [0.4, 0.5) is 5.13 Å². The van der Waals surface area contributed by atoms with Gasteiger partial charge >= 0.3 is 5.97 Å². The average molecular weight is 402 g/mol. The van der Waals surface area contributed by atoms with Gasteiger partial charge in [-0.2, -0.15) is 0 Å². The molecule has 0 aliphatic rings. The van der Waals surface area contributed by atoms with Crippen LogP contribution in [0.5, 0.6) is 11.5 Å². The molecule has 0 spiro atoms. The Labute approximate surface area is 151 Å². The zero-order chi connectivity index (χ0) is 19.3. The number of aliphatic carboxylic acids is 1. The fourth-order valence-corrected chi connectivity index (χ4v) is 3.26. The lowest BCUT2D eigenvalue weighted by Gasteiger charge is -2.07. The lowest BCUT2D eigenvalue weighted by Crippen LogP contribution is -2.27. The molecule has 0 aliphatic heterocycles. The van der Waals surface area contributed by atoms with Gasteiger partial charge in [0.2, 0.25) is 15.7 Å². The highest BCUT2D eigenvalue weighted by molar-refractivity contribution is 7.89. The van der Waals surface area contributed by atoms with Gasteiger partial charge in [-0.3, -0.25) is 0 Å². The van der Waals surface area contributed by atoms with Gasteiger partial charge in [0.1, 0.15) is 12.3 Å². The minimum atomic E-state index is -3.96. The van der Waals surface area contributed by atoms with Gasteiger partial charge in [0.05, 0.1) is 4.90 Å². The quantitative estimate of drug-likeness (QED) is 0.174. The third kappa shape index (κ3) is 4.81. The van der Waals surface area contributed by atoms with Gasteiger partial charge in [0, 0.05) is 18.0 Å². The van der Waals surface area contributed by atoms with Gasteiger partial charge < -0.3 is 25.9 Å². The number of anilines is 1. The Bertz CT molecular complexity index is 940. The highest BCUT2D eigenvalue weighted by Gasteiger charge is 2.18. The van der Waals surface area contributed by atoms with Crippen molar-refractivity contribution in [3.05, 3.63) is 29.3 Å². The van der Waals surface area contributed by atoms with Crippen LogP contribution >= 0.6 is 11.3 Å². The molecule has 140 valence electrons. The van der Waals surface area contributed by atoms with Crippen LogP contribution in [0.15, 0.2) is 33.6 Å². The van der Waals surface area contributed by atoms with E-state index in [9.17, 15) is 23.4 Å². The number of nitrogens with one attached hydrogen (secondary N) is 1. The van der Waals surface area contributed by atoms with Gasteiger partial charge in [-0.15, -0.1) is 11.3 Å². The number of thiazole rings is 1. The number of carbonyl (C=O) groups is 1. The second-order valence-corrected chi connectivity index (χ2v) is 7.35. The predicted octanol–water partition coefficient (Wildman–Crippen LogP) is -0.0797. The summed E-state index contributed by atoms with van der Waals surface area (Å²) in [6.45, 7) is -0.487. The number of nitrogen functional groups attached to an aromatic ring is 1. The molecule has 1 aromatic heterocycles. The van der Waals surface area contributed by atoms with Crippen molar-refractivity contribution in [3.8, 4) is 11.5 Å². The number of oxime groups is 1. The Morgan fingerprint density at radius 2 is 2.08 bits per heavy atom. The van der Waals surface area contributed by atoms with Gasteiger partial charge in [-0.05, 0) is 12.1 Å². The Morgan fingerprint density at radius 3 is 2.65 bits per heavy atom. The molecule has 0 atom stereocenters. The number of rotatable bonds is 8. The van der Waals surface area contributed by atoms with Crippen molar-refractivity contribution >= 4 is 38.2 Å². The lowest BCUT2D eigenvalue weighted by molar-refractivity contribution is -0.129. The molecule has 0 radical (unpaired) electrons. The monoisotopic (exact) mass is 402 g/mol. The van der Waals surface area contributed by atoms with Crippen LogP contribution in [0.25, 0.3) is 0 Å². The fourth-order valence-electron chi connectivity index (χ4n) is 1.68. The molecular weight excluding hydrogens is 388 g/mol. The second-order valence-electron chi connectivity index (χ2n) is 4.70. The van der Waals surface area contributed by atoms with Crippen LogP contribution in [-0.4, -0.2) is 53.6 Å². The summed E-state index contributed by atoms with van der Waals surface area (Å²) < 4.78 is 26.2. The molecule has 0 bridgehead atoms. The number of benzene rings is 1. The largest absolute Gasteiger partial charge is 0.504 e. The summed E-state index contributed by atoms with van der Waals surface area (Å²) >= 11 is 1.03. The van der Waals surface area contributed by atoms with E-state index in [0.29, 0.717) is 0 Å².